The van der Waals surface area contributed by atoms with Gasteiger partial charge in [0.2, 0.25) is 0 Å². The molecule has 4 aliphatic rings. The quantitative estimate of drug-likeness (QED) is 0.634. The van der Waals surface area contributed by atoms with Gasteiger partial charge in [-0.3, -0.25) is 0 Å². The summed E-state index contributed by atoms with van der Waals surface area (Å²) in [6.45, 7) is 0.745. The molecule has 6 rings (SSSR count). The van der Waals surface area contributed by atoms with Crippen molar-refractivity contribution in [2.24, 2.45) is 0 Å². The molecule has 2 aromatic carbocycles. The number of aliphatic hydroxyl groups is 2. The van der Waals surface area contributed by atoms with Crippen molar-refractivity contribution in [1.82, 2.24) is 4.90 Å². The molecule has 2 aromatic rings. The van der Waals surface area contributed by atoms with Crippen LogP contribution in [0.4, 0.5) is 0 Å². The van der Waals surface area contributed by atoms with Crippen molar-refractivity contribution in [1.29, 1.82) is 0 Å². The predicted molar refractivity (Wildman–Crippen MR) is 114 cm³/mol. The van der Waals surface area contributed by atoms with Gasteiger partial charge in [-0.05, 0) is 49.7 Å². The lowest BCUT2D eigenvalue weighted by atomic mass is 9.50. The van der Waals surface area contributed by atoms with Gasteiger partial charge < -0.3 is 29.7 Å². The number of phenolic OH excluding ortho intramolecular Hbond substituents is 1. The first-order valence-electron chi connectivity index (χ1n) is 11.0. The first-order valence-corrected chi connectivity index (χ1v) is 11.0. The number of piperidine rings is 1. The molecule has 0 amide bonds. The van der Waals surface area contributed by atoms with Crippen molar-refractivity contribution >= 4 is 5.97 Å². The zero-order chi connectivity index (χ0) is 22.3. The van der Waals surface area contributed by atoms with Crippen LogP contribution in [0.2, 0.25) is 0 Å². The Balaban J connectivity index is 1.43. The van der Waals surface area contributed by atoms with Gasteiger partial charge >= 0.3 is 5.97 Å². The van der Waals surface area contributed by atoms with Gasteiger partial charge in [-0.15, -0.1) is 0 Å². The molecule has 7 heteroatoms. The van der Waals surface area contributed by atoms with Gasteiger partial charge in [0.05, 0.1) is 11.0 Å². The number of carbonyl (C=O) groups excluding carboxylic acids is 1. The number of hydrogen-bond acceptors (Lipinski definition) is 7. The van der Waals surface area contributed by atoms with Gasteiger partial charge in [-0.2, -0.15) is 0 Å². The maximum atomic E-state index is 12.8. The predicted octanol–water partition coefficient (Wildman–Crippen LogP) is 1.95. The van der Waals surface area contributed by atoms with Crippen LogP contribution in [0.25, 0.3) is 0 Å². The van der Waals surface area contributed by atoms with E-state index in [1.165, 1.54) is 0 Å². The normalized spacial score (nSPS) is 33.0. The number of carbonyl (C=O) groups is 1. The average molecular weight is 435 g/mol. The van der Waals surface area contributed by atoms with Crippen LogP contribution in [-0.2, 0) is 21.4 Å². The lowest BCUT2D eigenvalue weighted by Crippen LogP contribution is -2.74. The van der Waals surface area contributed by atoms with E-state index in [0.717, 1.165) is 17.7 Å². The number of rotatable bonds is 3. The summed E-state index contributed by atoms with van der Waals surface area (Å²) in [6.07, 6.45) is 1.06. The van der Waals surface area contributed by atoms with Crippen LogP contribution in [0.3, 0.4) is 0 Å². The molecule has 2 bridgehead atoms. The Morgan fingerprint density at radius 1 is 1.25 bits per heavy atom. The zero-order valence-electron chi connectivity index (χ0n) is 17.7. The van der Waals surface area contributed by atoms with Gasteiger partial charge in [-0.25, -0.2) is 4.79 Å². The molecule has 5 atom stereocenters. The fraction of sp³-hybridized carbons (Fsp3) is 0.400. The lowest BCUT2D eigenvalue weighted by molar-refractivity contribution is -0.172. The Kier molecular flexibility index (Phi) is 4.06. The second-order valence-electron chi connectivity index (χ2n) is 9.34. The monoisotopic (exact) mass is 435 g/mol. The Bertz CT molecular complexity index is 1150. The highest BCUT2D eigenvalue weighted by atomic mass is 16.6. The van der Waals surface area contributed by atoms with Crippen LogP contribution in [0, 0.1) is 0 Å². The van der Waals surface area contributed by atoms with Crippen LogP contribution in [0.1, 0.15) is 35.6 Å². The van der Waals surface area contributed by atoms with Crippen molar-refractivity contribution in [2.45, 2.75) is 48.5 Å². The number of phenols is 1. The first-order chi connectivity index (χ1) is 15.4. The van der Waals surface area contributed by atoms with E-state index in [1.807, 2.05) is 13.1 Å². The maximum Gasteiger partial charge on any atom is 0.344 e. The van der Waals surface area contributed by atoms with Crippen LogP contribution in [-0.4, -0.2) is 57.5 Å². The molecule has 0 radical (unpaired) electrons. The summed E-state index contributed by atoms with van der Waals surface area (Å²) in [7, 11) is 2.02. The number of likely N-dealkylation sites (N-methyl/N-ethyl adjacent to an activating group) is 1. The smallest absolute Gasteiger partial charge is 0.344 e. The summed E-state index contributed by atoms with van der Waals surface area (Å²) in [5, 5.41) is 33.1. The molecule has 0 aromatic heterocycles. The average Bonchev–Trinajstić information content (AvgIpc) is 3.16. The summed E-state index contributed by atoms with van der Waals surface area (Å²) in [4.78, 5) is 15.0. The largest absolute Gasteiger partial charge is 0.504 e. The lowest BCUT2D eigenvalue weighted by Gasteiger charge is -2.61. The summed E-state index contributed by atoms with van der Waals surface area (Å²) in [6, 6.07) is 12.0. The zero-order valence-corrected chi connectivity index (χ0v) is 17.7. The molecule has 2 aliphatic carbocycles. The third kappa shape index (κ3) is 2.33. The van der Waals surface area contributed by atoms with E-state index in [1.54, 1.807) is 42.5 Å². The number of hydrogen-bond donors (Lipinski definition) is 3. The second-order valence-corrected chi connectivity index (χ2v) is 9.34. The van der Waals surface area contributed by atoms with E-state index in [9.17, 15) is 20.1 Å². The number of ether oxygens (including phenoxy) is 2. The van der Waals surface area contributed by atoms with E-state index in [2.05, 4.69) is 4.90 Å². The van der Waals surface area contributed by atoms with Crippen molar-refractivity contribution in [3.63, 3.8) is 0 Å². The minimum absolute atomic E-state index is 0.0160. The molecular formula is C25H25NO6. The van der Waals surface area contributed by atoms with Crippen LogP contribution < -0.4 is 4.74 Å². The van der Waals surface area contributed by atoms with E-state index < -0.39 is 29.2 Å². The molecule has 7 nitrogen and oxygen atoms in total. The molecule has 2 heterocycles. The molecule has 32 heavy (non-hydrogen) atoms. The second kappa shape index (κ2) is 6.57. The van der Waals surface area contributed by atoms with Crippen molar-refractivity contribution < 1.29 is 29.6 Å². The van der Waals surface area contributed by atoms with Gasteiger partial charge in [0.15, 0.2) is 23.7 Å². The van der Waals surface area contributed by atoms with E-state index in [0.29, 0.717) is 30.6 Å². The molecule has 0 unspecified atom stereocenters. The Hall–Kier alpha value is -2.87. The number of aliphatic hydroxyl groups excluding tert-OH is 1. The fourth-order valence-corrected chi connectivity index (χ4v) is 6.38. The van der Waals surface area contributed by atoms with Crippen LogP contribution in [0.15, 0.2) is 54.3 Å². The van der Waals surface area contributed by atoms with E-state index in [-0.39, 0.29) is 17.6 Å². The third-order valence-corrected chi connectivity index (χ3v) is 7.91. The third-order valence-electron chi connectivity index (χ3n) is 7.91. The molecule has 0 saturated carbocycles. The molecule has 1 spiro atoms. The molecular weight excluding hydrogens is 410 g/mol. The SMILES string of the molecule is CN1CC[C@]23c4c5ccc(O)c4O[C@H]2C(OC(=O)[C@H](O)c2ccccc2)=CC[C@@]3(O)[C@@H]1C5. The summed E-state index contributed by atoms with van der Waals surface area (Å²) >= 11 is 0. The summed E-state index contributed by atoms with van der Waals surface area (Å²) in [5.41, 5.74) is 0.368. The number of likely N-dealkylation sites (tertiary alicyclic amines) is 1. The fourth-order valence-electron chi connectivity index (χ4n) is 6.38. The van der Waals surface area contributed by atoms with Gasteiger partial charge in [0.1, 0.15) is 5.76 Å². The minimum atomic E-state index is -1.43. The highest BCUT2D eigenvalue weighted by Gasteiger charge is 2.72. The van der Waals surface area contributed by atoms with Crippen molar-refractivity contribution in [2.75, 3.05) is 13.6 Å². The topological polar surface area (TPSA) is 99.5 Å². The maximum absolute atomic E-state index is 12.8. The Morgan fingerprint density at radius 2 is 2.03 bits per heavy atom. The first kappa shape index (κ1) is 19.8. The van der Waals surface area contributed by atoms with Crippen molar-refractivity contribution in [3.05, 3.63) is 71.0 Å². The van der Waals surface area contributed by atoms with Gasteiger partial charge in [0.25, 0.3) is 0 Å². The highest BCUT2D eigenvalue weighted by molar-refractivity contribution is 5.77. The highest BCUT2D eigenvalue weighted by Crippen LogP contribution is 2.65. The number of benzene rings is 2. The van der Waals surface area contributed by atoms with Gasteiger partial charge in [0, 0.05) is 18.0 Å². The van der Waals surface area contributed by atoms with Crippen LogP contribution in [0.5, 0.6) is 11.5 Å². The molecule has 3 N–H and O–H groups in total. The summed E-state index contributed by atoms with van der Waals surface area (Å²) < 4.78 is 12.0. The number of nitrogens with zero attached hydrogens (tertiary/aromatic N) is 1. The molecule has 166 valence electrons. The van der Waals surface area contributed by atoms with E-state index in [4.69, 9.17) is 9.47 Å². The standard InChI is InChI=1S/C25H25NO6/c1-26-12-11-24-19-15-7-8-16(27)21(19)32-22(24)17(9-10-25(24,30)18(26)13-15)31-23(29)20(28)14-5-3-2-4-6-14/h2-9,18,20,22,27-28,30H,10-13H2,1H3/t18-,20+,22-,24-,25+/m0/s1. The Labute approximate surface area is 185 Å². The van der Waals surface area contributed by atoms with Gasteiger partial charge in [-0.1, -0.05) is 36.4 Å². The van der Waals surface area contributed by atoms with Crippen molar-refractivity contribution in [3.8, 4) is 11.5 Å². The number of aromatic hydroxyl groups is 1. The summed E-state index contributed by atoms with van der Waals surface area (Å²) in [5.74, 6) is -0.140. The molecule has 1 saturated heterocycles. The Morgan fingerprint density at radius 3 is 2.81 bits per heavy atom. The molecule has 1 fully saturated rings. The van der Waals surface area contributed by atoms with E-state index >= 15 is 0 Å². The molecule has 2 aliphatic heterocycles. The van der Waals surface area contributed by atoms with Crippen LogP contribution >= 0.6 is 0 Å². The minimum Gasteiger partial charge on any atom is -0.504 e. The number of esters is 1.